The predicted molar refractivity (Wildman–Crippen MR) is 126 cm³/mol. The first-order valence-corrected chi connectivity index (χ1v) is 10.9. The van der Waals surface area contributed by atoms with Crippen molar-refractivity contribution in [3.05, 3.63) is 62.6 Å². The van der Waals surface area contributed by atoms with Gasteiger partial charge in [0.1, 0.15) is 33.5 Å². The molecule has 11 nitrogen and oxygen atoms in total. The smallest absolute Gasteiger partial charge is 0.419 e. The van der Waals surface area contributed by atoms with Gasteiger partial charge in [0, 0.05) is 26.5 Å². The molecule has 16 heteroatoms. The molecule has 0 aliphatic heterocycles. The van der Waals surface area contributed by atoms with Crippen molar-refractivity contribution in [1.29, 1.82) is 5.26 Å². The molecule has 0 spiro atoms. The van der Waals surface area contributed by atoms with Gasteiger partial charge in [0.05, 0.1) is 18.0 Å². The third-order valence-corrected chi connectivity index (χ3v) is 6.09. The zero-order chi connectivity index (χ0) is 26.6. The Morgan fingerprint density at radius 2 is 1.86 bits per heavy atom. The number of aryl methyl sites for hydroxylation is 1. The molecular weight excluding hydrogens is 538 g/mol. The fraction of sp³-hybridized carbons (Fsp3) is 0.143. The Bertz CT molecular complexity index is 1820. The van der Waals surface area contributed by atoms with Gasteiger partial charge in [0.2, 0.25) is 5.95 Å². The van der Waals surface area contributed by atoms with Crippen molar-refractivity contribution in [3.8, 4) is 17.6 Å². The Morgan fingerprint density at radius 1 is 1.11 bits per heavy atom. The summed E-state index contributed by atoms with van der Waals surface area (Å²) in [6.45, 7) is 0. The first kappa shape index (κ1) is 24.3. The number of nitrogens with one attached hydrogen (secondary N) is 1. The summed E-state index contributed by atoms with van der Waals surface area (Å²) in [6, 6.07) is 1.98. The lowest BCUT2D eigenvalue weighted by Gasteiger charge is -2.14. The molecule has 0 bridgehead atoms. The van der Waals surface area contributed by atoms with Crippen molar-refractivity contribution >= 4 is 51.5 Å². The van der Waals surface area contributed by atoms with Gasteiger partial charge in [0.15, 0.2) is 22.3 Å². The topological polar surface area (TPSA) is 128 Å². The molecule has 5 aromatic heterocycles. The Balaban J connectivity index is 1.57. The van der Waals surface area contributed by atoms with E-state index < -0.39 is 28.7 Å². The van der Waals surface area contributed by atoms with Gasteiger partial charge >= 0.3 is 6.18 Å². The number of nitrogens with zero attached hydrogens (tertiary/aromatic N) is 8. The lowest BCUT2D eigenvalue weighted by atomic mass is 10.1. The second-order valence-corrected chi connectivity index (χ2v) is 8.38. The summed E-state index contributed by atoms with van der Waals surface area (Å²) in [4.78, 5) is 25.1. The van der Waals surface area contributed by atoms with Crippen molar-refractivity contribution < 1.29 is 17.9 Å². The summed E-state index contributed by atoms with van der Waals surface area (Å²) in [5, 5.41) is 16.1. The highest BCUT2D eigenvalue weighted by Gasteiger charge is 2.36. The van der Waals surface area contributed by atoms with Gasteiger partial charge in [-0.1, -0.05) is 23.2 Å². The van der Waals surface area contributed by atoms with E-state index in [0.29, 0.717) is 16.2 Å². The van der Waals surface area contributed by atoms with E-state index in [9.17, 15) is 18.0 Å². The van der Waals surface area contributed by atoms with Crippen molar-refractivity contribution in [2.45, 2.75) is 6.18 Å². The van der Waals surface area contributed by atoms with Crippen LogP contribution in [0.25, 0.3) is 16.7 Å². The largest absolute Gasteiger partial charge is 0.450 e. The number of ether oxygens (including phenoxy) is 1. The monoisotopic (exact) mass is 549 g/mol. The van der Waals surface area contributed by atoms with Gasteiger partial charge in [0.25, 0.3) is 5.56 Å². The molecule has 5 aromatic rings. The molecule has 0 unspecified atom stereocenters. The number of aromatic nitrogens is 7. The van der Waals surface area contributed by atoms with E-state index in [1.165, 1.54) is 40.8 Å². The quantitative estimate of drug-likeness (QED) is 0.348. The summed E-state index contributed by atoms with van der Waals surface area (Å²) in [5.41, 5.74) is -2.61. The molecule has 0 amide bonds. The Labute approximate surface area is 214 Å². The number of halogens is 5. The van der Waals surface area contributed by atoms with Gasteiger partial charge in [-0.3, -0.25) is 4.79 Å². The Hall–Kier alpha value is -4.35. The van der Waals surface area contributed by atoms with Crippen LogP contribution in [0.2, 0.25) is 10.2 Å². The molecule has 0 saturated heterocycles. The number of hydrogen-bond donors (Lipinski definition) is 1. The van der Waals surface area contributed by atoms with Crippen LogP contribution in [0.1, 0.15) is 11.3 Å². The number of pyridine rings is 2. The van der Waals surface area contributed by atoms with Crippen molar-refractivity contribution in [2.24, 2.45) is 14.1 Å². The molecule has 0 aliphatic rings. The fourth-order valence-electron chi connectivity index (χ4n) is 3.67. The summed E-state index contributed by atoms with van der Waals surface area (Å²) in [6.07, 6.45) is 0.896. The number of nitriles is 1. The summed E-state index contributed by atoms with van der Waals surface area (Å²) < 4.78 is 49.9. The SMILES string of the molecule is Cn1c(C#N)c(C(F)(F)F)cc(Nc2nc3ncc(Oc4cnn5ccnc(Cl)c45)c(Cl)c3n2C)c1=O. The summed E-state index contributed by atoms with van der Waals surface area (Å²) >= 11 is 12.7. The minimum atomic E-state index is -4.87. The summed E-state index contributed by atoms with van der Waals surface area (Å²) in [5.74, 6) is 0.342. The molecule has 5 heterocycles. The standard InChI is InChI=1S/C21H12Cl2F3N9O2/c1-33-11(6-27)9(21(24,25)26)5-10(19(33)36)31-20-32-18-16(34(20)2)14(22)12(7-29-18)37-13-8-30-35-4-3-28-17(23)15(13)35/h3-5,7-8H,1-2H3,(H,29,31,32). The molecule has 0 aromatic carbocycles. The van der Waals surface area contributed by atoms with Crippen molar-refractivity contribution in [2.75, 3.05) is 5.32 Å². The zero-order valence-corrected chi connectivity index (χ0v) is 20.2. The lowest BCUT2D eigenvalue weighted by Crippen LogP contribution is -2.26. The molecule has 1 N–H and O–H groups in total. The second kappa shape index (κ2) is 8.64. The molecule has 5 rings (SSSR count). The molecule has 0 saturated carbocycles. The van der Waals surface area contributed by atoms with Crippen LogP contribution in [0.3, 0.4) is 0 Å². The third-order valence-electron chi connectivity index (χ3n) is 5.45. The zero-order valence-electron chi connectivity index (χ0n) is 18.7. The maximum absolute atomic E-state index is 13.5. The molecule has 0 atom stereocenters. The maximum Gasteiger partial charge on any atom is 0.419 e. The number of fused-ring (bicyclic) bond motifs is 2. The number of alkyl halides is 3. The summed E-state index contributed by atoms with van der Waals surface area (Å²) in [7, 11) is 2.59. The van der Waals surface area contributed by atoms with Crippen LogP contribution in [0.15, 0.2) is 35.6 Å². The molecule has 0 radical (unpaired) electrons. The minimum Gasteiger partial charge on any atom is -0.450 e. The molecule has 37 heavy (non-hydrogen) atoms. The molecule has 188 valence electrons. The average molecular weight is 550 g/mol. The maximum atomic E-state index is 13.5. The third kappa shape index (κ3) is 3.98. The first-order valence-electron chi connectivity index (χ1n) is 10.2. The van der Waals surface area contributed by atoms with E-state index in [1.807, 2.05) is 0 Å². The Kier molecular flexibility index (Phi) is 5.69. The van der Waals surface area contributed by atoms with Crippen LogP contribution in [0.5, 0.6) is 11.5 Å². The highest BCUT2D eigenvalue weighted by Crippen LogP contribution is 2.38. The van der Waals surface area contributed by atoms with Crippen molar-refractivity contribution in [1.82, 2.24) is 33.7 Å². The van der Waals surface area contributed by atoms with Crippen molar-refractivity contribution in [3.63, 3.8) is 0 Å². The predicted octanol–water partition coefficient (Wildman–Crippen LogP) is 4.44. The number of anilines is 2. The normalized spacial score (nSPS) is 11.7. The van der Waals surface area contributed by atoms with Crippen LogP contribution in [0.4, 0.5) is 24.8 Å². The van der Waals surface area contributed by atoms with Gasteiger partial charge < -0.3 is 19.2 Å². The van der Waals surface area contributed by atoms with E-state index in [2.05, 4.69) is 25.4 Å². The van der Waals surface area contributed by atoms with Gasteiger partial charge in [-0.05, 0) is 6.07 Å². The van der Waals surface area contributed by atoms with E-state index in [4.69, 9.17) is 33.2 Å². The van der Waals surface area contributed by atoms with Gasteiger partial charge in [-0.15, -0.1) is 0 Å². The van der Waals surface area contributed by atoms with Crippen LogP contribution in [-0.2, 0) is 20.3 Å². The lowest BCUT2D eigenvalue weighted by molar-refractivity contribution is -0.138. The molecular formula is C21H12Cl2F3N9O2. The number of hydrogen-bond acceptors (Lipinski definition) is 8. The highest BCUT2D eigenvalue weighted by atomic mass is 35.5. The molecule has 0 aliphatic carbocycles. The van der Waals surface area contributed by atoms with E-state index >= 15 is 0 Å². The minimum absolute atomic E-state index is 0.0280. The van der Waals surface area contributed by atoms with E-state index in [-0.39, 0.29) is 38.8 Å². The van der Waals surface area contributed by atoms with Crippen LogP contribution >= 0.6 is 23.2 Å². The van der Waals surface area contributed by atoms with Gasteiger partial charge in [-0.2, -0.15) is 28.5 Å². The van der Waals surface area contributed by atoms with E-state index in [0.717, 1.165) is 7.05 Å². The molecule has 0 fully saturated rings. The first-order chi connectivity index (χ1) is 17.5. The van der Waals surface area contributed by atoms with Gasteiger partial charge in [-0.25, -0.2) is 14.5 Å². The Morgan fingerprint density at radius 3 is 2.57 bits per heavy atom. The second-order valence-electron chi connectivity index (χ2n) is 7.64. The average Bonchev–Trinajstić information content (AvgIpc) is 3.40. The van der Waals surface area contributed by atoms with Crippen LogP contribution < -0.4 is 15.6 Å². The highest BCUT2D eigenvalue weighted by molar-refractivity contribution is 6.36. The number of imidazole rings is 1. The van der Waals surface area contributed by atoms with E-state index in [1.54, 1.807) is 6.20 Å². The van der Waals surface area contributed by atoms with Crippen LogP contribution in [0, 0.1) is 11.3 Å². The number of rotatable bonds is 4. The fourth-order valence-corrected chi connectivity index (χ4v) is 4.20. The van der Waals surface area contributed by atoms with Crippen LogP contribution in [-0.4, -0.2) is 33.7 Å².